The summed E-state index contributed by atoms with van der Waals surface area (Å²) in [5, 5.41) is 3.66. The van der Waals surface area contributed by atoms with Gasteiger partial charge in [-0.2, -0.15) is 0 Å². The molecule has 2 heterocycles. The molecule has 2 rings (SSSR count). The number of nitrogens with zero attached hydrogens (tertiary/aromatic N) is 3. The Morgan fingerprint density at radius 2 is 2.07 bits per heavy atom. The normalized spacial score (nSPS) is 17.3. The standard InChI is InChI=1S/C11H15N3O/c15-10-14(11-6-2-3-7-12-11)13-8-4-1-5-9-13/h2-3,6-7,10H,1,4-5,8-9H2. The summed E-state index contributed by atoms with van der Waals surface area (Å²) in [7, 11) is 0. The Kier molecular flexibility index (Phi) is 3.29. The Morgan fingerprint density at radius 3 is 2.67 bits per heavy atom. The summed E-state index contributed by atoms with van der Waals surface area (Å²) in [6.07, 6.45) is 6.10. The predicted molar refractivity (Wildman–Crippen MR) is 58.2 cm³/mol. The van der Waals surface area contributed by atoms with Crippen LogP contribution < -0.4 is 5.01 Å². The van der Waals surface area contributed by atoms with Crippen LogP contribution in [0, 0.1) is 0 Å². The smallest absolute Gasteiger partial charge is 0.230 e. The molecule has 1 aromatic rings. The SMILES string of the molecule is O=CN(c1ccccn1)N1CCCCC1. The zero-order chi connectivity index (χ0) is 10.5. The van der Waals surface area contributed by atoms with Gasteiger partial charge in [0.2, 0.25) is 6.41 Å². The molecule has 0 saturated carbocycles. The number of piperidine rings is 1. The Balaban J connectivity index is 2.12. The molecule has 1 aliphatic heterocycles. The van der Waals surface area contributed by atoms with Gasteiger partial charge in [-0.05, 0) is 25.0 Å². The maximum Gasteiger partial charge on any atom is 0.230 e. The van der Waals surface area contributed by atoms with E-state index in [1.54, 1.807) is 11.2 Å². The molecule has 4 heteroatoms. The Hall–Kier alpha value is -1.42. The third-order valence-corrected chi connectivity index (χ3v) is 2.62. The van der Waals surface area contributed by atoms with E-state index in [4.69, 9.17) is 0 Å². The summed E-state index contributed by atoms with van der Waals surface area (Å²) in [4.78, 5) is 15.2. The number of rotatable bonds is 3. The number of carbonyl (C=O) groups is 1. The molecule has 1 aliphatic rings. The first-order chi connectivity index (χ1) is 7.42. The lowest BCUT2D eigenvalue weighted by Gasteiger charge is -2.33. The van der Waals surface area contributed by atoms with Gasteiger partial charge in [-0.1, -0.05) is 12.5 Å². The van der Waals surface area contributed by atoms with Gasteiger partial charge in [0.15, 0.2) is 0 Å². The zero-order valence-electron chi connectivity index (χ0n) is 8.67. The first kappa shape index (κ1) is 10.1. The summed E-state index contributed by atoms with van der Waals surface area (Å²) in [5.74, 6) is 0.703. The second-order valence-corrected chi connectivity index (χ2v) is 3.65. The van der Waals surface area contributed by atoms with Gasteiger partial charge in [-0.3, -0.25) is 4.79 Å². The molecule has 0 aromatic carbocycles. The molecule has 0 aliphatic carbocycles. The molecule has 1 saturated heterocycles. The molecule has 4 nitrogen and oxygen atoms in total. The summed E-state index contributed by atoms with van der Waals surface area (Å²) in [6, 6.07) is 5.59. The van der Waals surface area contributed by atoms with Crippen LogP contribution in [-0.4, -0.2) is 29.5 Å². The molecule has 1 fully saturated rings. The van der Waals surface area contributed by atoms with Crippen LogP contribution in [0.3, 0.4) is 0 Å². The van der Waals surface area contributed by atoms with E-state index in [-0.39, 0.29) is 0 Å². The lowest BCUT2D eigenvalue weighted by molar-refractivity contribution is -0.110. The van der Waals surface area contributed by atoms with Crippen molar-refractivity contribution in [1.29, 1.82) is 0 Å². The minimum absolute atomic E-state index is 0.703. The van der Waals surface area contributed by atoms with E-state index in [9.17, 15) is 4.79 Å². The number of pyridine rings is 1. The van der Waals surface area contributed by atoms with Crippen LogP contribution in [0.15, 0.2) is 24.4 Å². The Morgan fingerprint density at radius 1 is 1.27 bits per heavy atom. The van der Waals surface area contributed by atoms with Crippen molar-refractivity contribution in [3.05, 3.63) is 24.4 Å². The fourth-order valence-corrected chi connectivity index (χ4v) is 1.85. The van der Waals surface area contributed by atoms with Crippen LogP contribution >= 0.6 is 0 Å². The summed E-state index contributed by atoms with van der Waals surface area (Å²) in [5.41, 5.74) is 0. The van der Waals surface area contributed by atoms with E-state index < -0.39 is 0 Å². The van der Waals surface area contributed by atoms with E-state index in [0.29, 0.717) is 5.82 Å². The van der Waals surface area contributed by atoms with Crippen LogP contribution in [0.5, 0.6) is 0 Å². The molecule has 0 bridgehead atoms. The van der Waals surface area contributed by atoms with Crippen LogP contribution in [0.4, 0.5) is 5.82 Å². The number of hydrogen-bond acceptors (Lipinski definition) is 3. The number of anilines is 1. The number of amides is 1. The molecule has 0 N–H and O–H groups in total. The molecule has 80 valence electrons. The highest BCUT2D eigenvalue weighted by molar-refractivity contribution is 5.71. The van der Waals surface area contributed by atoms with Crippen molar-refractivity contribution in [3.8, 4) is 0 Å². The van der Waals surface area contributed by atoms with Gasteiger partial charge in [-0.15, -0.1) is 0 Å². The highest BCUT2D eigenvalue weighted by Crippen LogP contribution is 2.15. The fraction of sp³-hybridized carbons (Fsp3) is 0.455. The molecule has 0 spiro atoms. The van der Waals surface area contributed by atoms with Gasteiger partial charge in [0.25, 0.3) is 0 Å². The molecule has 0 atom stereocenters. The monoisotopic (exact) mass is 205 g/mol. The number of hydrogen-bond donors (Lipinski definition) is 0. The Bertz CT molecular complexity index is 309. The van der Waals surface area contributed by atoms with Crippen molar-refractivity contribution in [2.45, 2.75) is 19.3 Å². The molecule has 0 radical (unpaired) electrons. The molecule has 1 amide bonds. The number of hydrazine groups is 1. The van der Waals surface area contributed by atoms with E-state index in [2.05, 4.69) is 9.99 Å². The van der Waals surface area contributed by atoms with Crippen LogP contribution in [0.25, 0.3) is 0 Å². The average Bonchev–Trinajstić information content (AvgIpc) is 2.33. The van der Waals surface area contributed by atoms with E-state index in [1.807, 2.05) is 18.2 Å². The van der Waals surface area contributed by atoms with Crippen molar-refractivity contribution >= 4 is 12.2 Å². The quantitative estimate of drug-likeness (QED) is 0.701. The van der Waals surface area contributed by atoms with Crippen molar-refractivity contribution in [1.82, 2.24) is 9.99 Å². The van der Waals surface area contributed by atoms with Crippen LogP contribution in [0.2, 0.25) is 0 Å². The number of aromatic nitrogens is 1. The zero-order valence-corrected chi connectivity index (χ0v) is 8.67. The van der Waals surface area contributed by atoms with Crippen molar-refractivity contribution in [2.24, 2.45) is 0 Å². The highest BCUT2D eigenvalue weighted by atomic mass is 16.1. The second-order valence-electron chi connectivity index (χ2n) is 3.65. The third-order valence-electron chi connectivity index (χ3n) is 2.62. The average molecular weight is 205 g/mol. The molecule has 15 heavy (non-hydrogen) atoms. The van der Waals surface area contributed by atoms with E-state index in [1.165, 1.54) is 6.42 Å². The lowest BCUT2D eigenvalue weighted by atomic mass is 10.2. The minimum atomic E-state index is 0.703. The lowest BCUT2D eigenvalue weighted by Crippen LogP contribution is -2.45. The van der Waals surface area contributed by atoms with Gasteiger partial charge in [-0.25, -0.2) is 15.0 Å². The maximum absolute atomic E-state index is 11.0. The number of carbonyl (C=O) groups excluding carboxylic acids is 1. The van der Waals surface area contributed by atoms with Gasteiger partial charge >= 0.3 is 0 Å². The molecular weight excluding hydrogens is 190 g/mol. The first-order valence-electron chi connectivity index (χ1n) is 5.32. The molecule has 1 aromatic heterocycles. The summed E-state index contributed by atoms with van der Waals surface area (Å²) < 4.78 is 0. The largest absolute Gasteiger partial charge is 0.277 e. The van der Waals surface area contributed by atoms with Gasteiger partial charge in [0.1, 0.15) is 5.82 Å². The van der Waals surface area contributed by atoms with Gasteiger partial charge < -0.3 is 0 Å². The van der Waals surface area contributed by atoms with Crippen molar-refractivity contribution < 1.29 is 4.79 Å². The maximum atomic E-state index is 11.0. The first-order valence-corrected chi connectivity index (χ1v) is 5.32. The van der Waals surface area contributed by atoms with Crippen molar-refractivity contribution in [3.63, 3.8) is 0 Å². The van der Waals surface area contributed by atoms with Gasteiger partial charge in [0, 0.05) is 19.3 Å². The van der Waals surface area contributed by atoms with Crippen LogP contribution in [-0.2, 0) is 4.79 Å². The predicted octanol–water partition coefficient (Wildman–Crippen LogP) is 1.45. The highest BCUT2D eigenvalue weighted by Gasteiger charge is 2.18. The van der Waals surface area contributed by atoms with Gasteiger partial charge in [0.05, 0.1) is 0 Å². The topological polar surface area (TPSA) is 36.4 Å². The fourth-order valence-electron chi connectivity index (χ4n) is 1.85. The van der Waals surface area contributed by atoms with E-state index in [0.717, 1.165) is 32.3 Å². The molecular formula is C11H15N3O. The minimum Gasteiger partial charge on any atom is -0.277 e. The van der Waals surface area contributed by atoms with E-state index >= 15 is 0 Å². The van der Waals surface area contributed by atoms with Crippen molar-refractivity contribution in [2.75, 3.05) is 18.1 Å². The molecule has 0 unspecified atom stereocenters. The van der Waals surface area contributed by atoms with Crippen LogP contribution in [0.1, 0.15) is 19.3 Å². The summed E-state index contributed by atoms with van der Waals surface area (Å²) >= 11 is 0. The second kappa shape index (κ2) is 4.89. The Labute approximate surface area is 89.5 Å². The summed E-state index contributed by atoms with van der Waals surface area (Å²) in [6.45, 7) is 1.88. The third kappa shape index (κ3) is 2.33.